The van der Waals surface area contributed by atoms with Crippen LogP contribution in [-0.4, -0.2) is 87.5 Å². The quantitative estimate of drug-likeness (QED) is 0.0261. The largest absolute Gasteiger partial charge is 0.394 e. The second-order valence-electron chi connectivity index (χ2n) is 26.1. The first-order valence-corrected chi connectivity index (χ1v) is 37.2. The van der Waals surface area contributed by atoms with Gasteiger partial charge in [0.1, 0.15) is 24.4 Å². The maximum Gasteiger partial charge on any atom is 0.220 e. The van der Waals surface area contributed by atoms with Crippen LogP contribution in [0.25, 0.3) is 0 Å². The van der Waals surface area contributed by atoms with Gasteiger partial charge in [-0.2, -0.15) is 0 Å². The highest BCUT2D eigenvalue weighted by Crippen LogP contribution is 2.24. The highest BCUT2D eigenvalue weighted by molar-refractivity contribution is 5.76. The molecule has 0 radical (unpaired) electrons. The van der Waals surface area contributed by atoms with Gasteiger partial charge in [-0.25, -0.2) is 0 Å². The second kappa shape index (κ2) is 64.4. The molecule has 6 N–H and O–H groups in total. The van der Waals surface area contributed by atoms with Gasteiger partial charge in [-0.15, -0.1) is 0 Å². The molecule has 496 valence electrons. The molecule has 0 spiro atoms. The van der Waals surface area contributed by atoms with Crippen LogP contribution in [0.2, 0.25) is 0 Å². The van der Waals surface area contributed by atoms with Crippen molar-refractivity contribution in [2.45, 2.75) is 423 Å². The van der Waals surface area contributed by atoms with Crippen LogP contribution in [-0.2, 0) is 14.3 Å². The Labute approximate surface area is 521 Å². The van der Waals surface area contributed by atoms with Gasteiger partial charge >= 0.3 is 0 Å². The third-order valence-electron chi connectivity index (χ3n) is 17.9. The maximum absolute atomic E-state index is 13.1. The van der Waals surface area contributed by atoms with Gasteiger partial charge in [-0.05, 0) is 57.8 Å². The highest BCUT2D eigenvalue weighted by Gasteiger charge is 2.44. The van der Waals surface area contributed by atoms with Crippen LogP contribution < -0.4 is 5.32 Å². The molecule has 0 aromatic rings. The summed E-state index contributed by atoms with van der Waals surface area (Å²) in [5.74, 6) is -0.179. The maximum atomic E-state index is 13.1. The summed E-state index contributed by atoms with van der Waals surface area (Å²) in [5.41, 5.74) is 0. The zero-order valence-electron chi connectivity index (χ0n) is 55.7. The molecule has 9 nitrogen and oxygen atoms in total. The van der Waals surface area contributed by atoms with Gasteiger partial charge in [0.05, 0.1) is 25.4 Å². The van der Waals surface area contributed by atoms with E-state index >= 15 is 0 Å². The fourth-order valence-corrected chi connectivity index (χ4v) is 12.1. The van der Waals surface area contributed by atoms with E-state index in [9.17, 15) is 30.3 Å². The minimum absolute atomic E-state index is 0.179. The van der Waals surface area contributed by atoms with E-state index < -0.39 is 49.5 Å². The van der Waals surface area contributed by atoms with Crippen LogP contribution in [0, 0.1) is 0 Å². The number of aliphatic hydroxyl groups excluding tert-OH is 5. The molecule has 7 unspecified atom stereocenters. The van der Waals surface area contributed by atoms with E-state index in [1.807, 2.05) is 6.08 Å². The summed E-state index contributed by atoms with van der Waals surface area (Å²) in [6.45, 7) is 3.82. The standard InChI is InChI=1S/C75H143NO8/c1-3-5-7-9-11-13-15-17-19-21-23-25-27-29-30-31-32-33-34-35-36-37-38-39-40-41-43-45-47-49-51-53-55-57-59-61-63-65-71(79)76-68(67-83-75-74(82)73(81)72(80)70(66-77)84-75)69(78)64-62-60-58-56-54-52-50-48-46-44-42-28-26-24-22-20-18-16-14-12-10-8-6-4-2/h33-34,54,56,62,64,68-70,72-75,77-78,80-82H,3-32,35-53,55,57-61,63,65-67H2,1-2H3,(H,76,79)/b34-33-,56-54+,64-62+. The number of unbranched alkanes of at least 4 members (excludes halogenated alkanes) is 52. The summed E-state index contributed by atoms with van der Waals surface area (Å²) < 4.78 is 11.3. The van der Waals surface area contributed by atoms with E-state index in [4.69, 9.17) is 9.47 Å². The number of hydrogen-bond donors (Lipinski definition) is 6. The second-order valence-corrected chi connectivity index (χ2v) is 26.1. The number of hydrogen-bond acceptors (Lipinski definition) is 8. The van der Waals surface area contributed by atoms with Gasteiger partial charge in [0.15, 0.2) is 6.29 Å². The highest BCUT2D eigenvalue weighted by atomic mass is 16.7. The predicted octanol–water partition coefficient (Wildman–Crippen LogP) is 20.6. The Morgan fingerprint density at radius 1 is 0.393 bits per heavy atom. The van der Waals surface area contributed by atoms with E-state index in [-0.39, 0.29) is 12.5 Å². The van der Waals surface area contributed by atoms with Crippen molar-refractivity contribution in [3.05, 3.63) is 36.5 Å². The lowest BCUT2D eigenvalue weighted by atomic mass is 9.99. The lowest BCUT2D eigenvalue weighted by molar-refractivity contribution is -0.302. The van der Waals surface area contributed by atoms with Gasteiger partial charge < -0.3 is 40.3 Å². The van der Waals surface area contributed by atoms with Crippen LogP contribution in [0.3, 0.4) is 0 Å². The molecule has 1 saturated heterocycles. The molecule has 7 atom stereocenters. The van der Waals surface area contributed by atoms with Crippen molar-refractivity contribution in [1.82, 2.24) is 5.32 Å². The van der Waals surface area contributed by atoms with E-state index in [2.05, 4.69) is 43.5 Å². The smallest absolute Gasteiger partial charge is 0.220 e. The summed E-state index contributed by atoms with van der Waals surface area (Å²) >= 11 is 0. The number of carbonyl (C=O) groups is 1. The molecule has 1 aliphatic rings. The van der Waals surface area contributed by atoms with Gasteiger partial charge in [-0.3, -0.25) is 4.79 Å². The Morgan fingerprint density at radius 3 is 1.00 bits per heavy atom. The minimum atomic E-state index is -1.57. The number of ether oxygens (including phenoxy) is 2. The zero-order valence-corrected chi connectivity index (χ0v) is 55.7. The minimum Gasteiger partial charge on any atom is -0.394 e. The molecule has 0 aromatic carbocycles. The summed E-state index contributed by atoms with van der Waals surface area (Å²) in [5, 5.41) is 54.8. The molecule has 0 aromatic heterocycles. The number of allylic oxidation sites excluding steroid dienone is 5. The van der Waals surface area contributed by atoms with Crippen molar-refractivity contribution in [2.75, 3.05) is 13.2 Å². The van der Waals surface area contributed by atoms with Crippen LogP contribution in [0.4, 0.5) is 0 Å². The molecule has 84 heavy (non-hydrogen) atoms. The Morgan fingerprint density at radius 2 is 0.679 bits per heavy atom. The summed E-state index contributed by atoms with van der Waals surface area (Å²) in [6.07, 6.45) is 80.0. The van der Waals surface area contributed by atoms with Crippen LogP contribution in [0.5, 0.6) is 0 Å². The molecule has 1 heterocycles. The molecule has 1 fully saturated rings. The Hall–Kier alpha value is -1.59. The van der Waals surface area contributed by atoms with Gasteiger partial charge in [0.2, 0.25) is 5.91 Å². The van der Waals surface area contributed by atoms with Crippen molar-refractivity contribution in [3.63, 3.8) is 0 Å². The average Bonchev–Trinajstić information content (AvgIpc) is 3.70. The van der Waals surface area contributed by atoms with E-state index in [1.54, 1.807) is 6.08 Å². The van der Waals surface area contributed by atoms with Crippen molar-refractivity contribution in [2.24, 2.45) is 0 Å². The number of amides is 1. The lowest BCUT2D eigenvalue weighted by Crippen LogP contribution is -2.60. The fourth-order valence-electron chi connectivity index (χ4n) is 12.1. The van der Waals surface area contributed by atoms with Crippen molar-refractivity contribution in [1.29, 1.82) is 0 Å². The van der Waals surface area contributed by atoms with E-state index in [0.29, 0.717) is 6.42 Å². The first-order valence-electron chi connectivity index (χ1n) is 37.2. The van der Waals surface area contributed by atoms with Crippen molar-refractivity contribution < 1.29 is 39.8 Å². The van der Waals surface area contributed by atoms with Gasteiger partial charge in [0, 0.05) is 6.42 Å². The summed E-state index contributed by atoms with van der Waals surface area (Å²) in [4.78, 5) is 13.1. The predicted molar refractivity (Wildman–Crippen MR) is 360 cm³/mol. The topological polar surface area (TPSA) is 149 Å². The summed E-state index contributed by atoms with van der Waals surface area (Å²) in [7, 11) is 0. The van der Waals surface area contributed by atoms with Gasteiger partial charge in [-0.1, -0.05) is 352 Å². The number of rotatable bonds is 66. The Bertz CT molecular complexity index is 1420. The van der Waals surface area contributed by atoms with Gasteiger partial charge in [0.25, 0.3) is 0 Å². The molecule has 0 aliphatic carbocycles. The Balaban J connectivity index is 2.09. The molecule has 1 amide bonds. The van der Waals surface area contributed by atoms with Crippen LogP contribution in [0.15, 0.2) is 36.5 Å². The number of nitrogens with one attached hydrogen (secondary N) is 1. The third kappa shape index (κ3) is 52.4. The number of aliphatic hydroxyl groups is 5. The average molecular weight is 1190 g/mol. The molecule has 1 rings (SSSR count). The molecule has 0 bridgehead atoms. The van der Waals surface area contributed by atoms with Crippen LogP contribution in [0.1, 0.15) is 380 Å². The SMILES string of the molecule is CCCCCCCCCCCCCCCCCC/C=C\CCCCCCCCCCCCCCCCCCCC(=O)NC(COC1OC(CO)C(O)C(O)C1O)C(O)/C=C/CC/C=C/CCCCCCCCCCCCCCCCCCCC. The number of carbonyl (C=O) groups excluding carboxylic acids is 1. The molecular formula is C75H143NO8. The van der Waals surface area contributed by atoms with Crippen molar-refractivity contribution in [3.8, 4) is 0 Å². The molecule has 9 heteroatoms. The monoisotopic (exact) mass is 1190 g/mol. The Kier molecular flexibility index (Phi) is 61.7. The first-order chi connectivity index (χ1) is 41.3. The van der Waals surface area contributed by atoms with E-state index in [0.717, 1.165) is 38.5 Å². The molecule has 1 aliphatic heterocycles. The molecule has 0 saturated carbocycles. The van der Waals surface area contributed by atoms with E-state index in [1.165, 1.54) is 321 Å². The fraction of sp³-hybridized carbons (Fsp3) is 0.907. The lowest BCUT2D eigenvalue weighted by Gasteiger charge is -2.40. The normalized spacial score (nSPS) is 18.3. The van der Waals surface area contributed by atoms with Crippen molar-refractivity contribution >= 4 is 5.91 Å². The molecular weight excluding hydrogens is 1040 g/mol. The van der Waals surface area contributed by atoms with Crippen LogP contribution >= 0.6 is 0 Å². The first kappa shape index (κ1) is 80.4. The zero-order chi connectivity index (χ0) is 60.7. The summed E-state index contributed by atoms with van der Waals surface area (Å²) in [6, 6.07) is -0.822. The third-order valence-corrected chi connectivity index (χ3v) is 17.9.